The number of aromatic nitrogens is 1. The minimum absolute atomic E-state index is 0.0627. The molecule has 3 aromatic carbocycles. The molecule has 0 atom stereocenters. The number of carbonyl (C=O) groups excluding carboxylic acids is 1. The molecule has 0 aliphatic carbocycles. The van der Waals surface area contributed by atoms with Gasteiger partial charge in [0, 0.05) is 29.7 Å². The molecule has 1 saturated heterocycles. The number of halogens is 2. The van der Waals surface area contributed by atoms with Gasteiger partial charge in [-0.15, -0.1) is 0 Å². The molecule has 6 nitrogen and oxygen atoms in total. The van der Waals surface area contributed by atoms with E-state index < -0.39 is 15.9 Å². The zero-order valence-corrected chi connectivity index (χ0v) is 21.0. The molecule has 3 N–H and O–H groups in total. The number of hydrogen-bond donors (Lipinski definition) is 2. The number of nitrogens with two attached hydrogens (primary N) is 1. The average Bonchev–Trinajstić information content (AvgIpc) is 3.27. The number of piperidine rings is 1. The van der Waals surface area contributed by atoms with Crippen molar-refractivity contribution in [3.63, 3.8) is 0 Å². The highest BCUT2D eigenvalue weighted by Crippen LogP contribution is 2.38. The van der Waals surface area contributed by atoms with Crippen LogP contribution < -0.4 is 5.73 Å². The second-order valence-corrected chi connectivity index (χ2v) is 11.4. The Morgan fingerprint density at radius 3 is 2.34 bits per heavy atom. The Hall–Kier alpha value is -2.84. The van der Waals surface area contributed by atoms with Gasteiger partial charge in [0.2, 0.25) is 10.0 Å². The molecule has 0 saturated carbocycles. The molecule has 1 aromatic heterocycles. The van der Waals surface area contributed by atoms with E-state index in [1.54, 1.807) is 0 Å². The van der Waals surface area contributed by atoms with Gasteiger partial charge in [0.15, 0.2) is 0 Å². The molecular formula is C26H23Cl2N3O3S. The van der Waals surface area contributed by atoms with Gasteiger partial charge < -0.3 is 10.7 Å². The van der Waals surface area contributed by atoms with Gasteiger partial charge in [0.25, 0.3) is 5.91 Å². The number of rotatable bonds is 5. The van der Waals surface area contributed by atoms with Gasteiger partial charge in [-0.25, -0.2) is 8.42 Å². The summed E-state index contributed by atoms with van der Waals surface area (Å²) in [7, 11) is -3.73. The Kier molecular flexibility index (Phi) is 6.36. The van der Waals surface area contributed by atoms with Gasteiger partial charge >= 0.3 is 0 Å². The first-order valence-corrected chi connectivity index (χ1v) is 13.4. The lowest BCUT2D eigenvalue weighted by Gasteiger charge is -2.31. The maximum atomic E-state index is 13.2. The van der Waals surface area contributed by atoms with E-state index in [1.807, 2.05) is 42.6 Å². The van der Waals surface area contributed by atoms with E-state index in [1.165, 1.54) is 22.5 Å². The molecule has 5 rings (SSSR count). The van der Waals surface area contributed by atoms with E-state index in [2.05, 4.69) is 11.1 Å². The van der Waals surface area contributed by atoms with E-state index in [4.69, 9.17) is 28.9 Å². The van der Waals surface area contributed by atoms with Crippen LogP contribution in [0.5, 0.6) is 0 Å². The van der Waals surface area contributed by atoms with Crippen molar-refractivity contribution >= 4 is 50.0 Å². The fourth-order valence-corrected chi connectivity index (χ4v) is 7.03. The predicted molar refractivity (Wildman–Crippen MR) is 139 cm³/mol. The van der Waals surface area contributed by atoms with Crippen LogP contribution in [0.1, 0.15) is 34.7 Å². The van der Waals surface area contributed by atoms with Crippen molar-refractivity contribution < 1.29 is 13.2 Å². The van der Waals surface area contributed by atoms with Crippen LogP contribution in [0.4, 0.5) is 0 Å². The summed E-state index contributed by atoms with van der Waals surface area (Å²) >= 11 is 12.1. The summed E-state index contributed by atoms with van der Waals surface area (Å²) in [5.74, 6) is -0.371. The smallest absolute Gasteiger partial charge is 0.250 e. The fraction of sp³-hybridized carbons (Fsp3) is 0.192. The average molecular weight is 528 g/mol. The lowest BCUT2D eigenvalue weighted by atomic mass is 9.88. The predicted octanol–water partition coefficient (Wildman–Crippen LogP) is 5.81. The van der Waals surface area contributed by atoms with Gasteiger partial charge in [-0.3, -0.25) is 4.79 Å². The standard InChI is InChI=1S/C26H23Cl2N3O3S/c27-19-6-7-24(23(28)14-19)35(33,34)31-10-8-17(9-11-31)22-15-30-25-20(22)12-18(13-21(25)26(29)32)16-4-2-1-3-5-16/h1-7,12-15,17,30H,8-11H2,(H2,29,32). The van der Waals surface area contributed by atoms with Gasteiger partial charge in [0.1, 0.15) is 4.90 Å². The van der Waals surface area contributed by atoms with E-state index in [9.17, 15) is 13.2 Å². The number of fused-ring (bicyclic) bond motifs is 1. The van der Waals surface area contributed by atoms with E-state index in [-0.39, 0.29) is 15.8 Å². The summed E-state index contributed by atoms with van der Waals surface area (Å²) in [4.78, 5) is 15.5. The Morgan fingerprint density at radius 2 is 1.69 bits per heavy atom. The third-order valence-corrected chi connectivity index (χ3v) is 9.22. The van der Waals surface area contributed by atoms with Gasteiger partial charge in [-0.2, -0.15) is 4.31 Å². The highest BCUT2D eigenvalue weighted by Gasteiger charge is 2.32. The lowest BCUT2D eigenvalue weighted by molar-refractivity contribution is 0.100. The molecule has 1 amide bonds. The molecule has 1 aliphatic rings. The Balaban J connectivity index is 1.45. The number of primary amides is 1. The van der Waals surface area contributed by atoms with Crippen molar-refractivity contribution in [1.82, 2.24) is 9.29 Å². The summed E-state index contributed by atoms with van der Waals surface area (Å²) < 4.78 is 27.8. The molecule has 4 aromatic rings. The molecule has 180 valence electrons. The summed E-state index contributed by atoms with van der Waals surface area (Å²) in [5, 5.41) is 1.43. The first-order valence-electron chi connectivity index (χ1n) is 11.2. The van der Waals surface area contributed by atoms with Crippen LogP contribution >= 0.6 is 23.2 Å². The summed E-state index contributed by atoms with van der Waals surface area (Å²) in [5.41, 5.74) is 9.80. The van der Waals surface area contributed by atoms with Gasteiger partial charge in [0.05, 0.1) is 16.1 Å². The highest BCUT2D eigenvalue weighted by atomic mass is 35.5. The number of sulfonamides is 1. The number of amides is 1. The van der Waals surface area contributed by atoms with Crippen LogP contribution in [0.3, 0.4) is 0 Å². The van der Waals surface area contributed by atoms with Crippen LogP contribution in [-0.4, -0.2) is 36.7 Å². The number of carbonyl (C=O) groups is 1. The Labute approximate surface area is 213 Å². The Morgan fingerprint density at radius 1 is 0.971 bits per heavy atom. The zero-order chi connectivity index (χ0) is 24.7. The number of benzene rings is 3. The molecule has 0 unspecified atom stereocenters. The van der Waals surface area contributed by atoms with Crippen molar-refractivity contribution in [3.8, 4) is 11.1 Å². The van der Waals surface area contributed by atoms with E-state index >= 15 is 0 Å². The largest absolute Gasteiger partial charge is 0.366 e. The highest BCUT2D eigenvalue weighted by molar-refractivity contribution is 7.89. The molecule has 2 heterocycles. The maximum absolute atomic E-state index is 13.2. The summed E-state index contributed by atoms with van der Waals surface area (Å²) in [6.45, 7) is 0.722. The van der Waals surface area contributed by atoms with Crippen LogP contribution in [0.25, 0.3) is 22.0 Å². The normalized spacial score (nSPS) is 15.5. The van der Waals surface area contributed by atoms with Gasteiger partial charge in [-0.1, -0.05) is 53.5 Å². The third kappa shape index (κ3) is 4.45. The molecular weight excluding hydrogens is 505 g/mol. The number of hydrogen-bond acceptors (Lipinski definition) is 3. The van der Waals surface area contributed by atoms with Crippen molar-refractivity contribution in [2.45, 2.75) is 23.7 Å². The topological polar surface area (TPSA) is 96.3 Å². The van der Waals surface area contributed by atoms with Crippen LogP contribution in [0, 0.1) is 0 Å². The van der Waals surface area contributed by atoms with Crippen molar-refractivity contribution in [1.29, 1.82) is 0 Å². The summed E-state index contributed by atoms with van der Waals surface area (Å²) in [6.07, 6.45) is 3.19. The van der Waals surface area contributed by atoms with Crippen molar-refractivity contribution in [2.75, 3.05) is 13.1 Å². The molecule has 9 heteroatoms. The zero-order valence-electron chi connectivity index (χ0n) is 18.7. The van der Waals surface area contributed by atoms with Crippen LogP contribution in [-0.2, 0) is 10.0 Å². The third-order valence-electron chi connectivity index (χ3n) is 6.60. The van der Waals surface area contributed by atoms with Crippen LogP contribution in [0.2, 0.25) is 10.0 Å². The quantitative estimate of drug-likeness (QED) is 0.342. The first-order chi connectivity index (χ1) is 16.8. The SMILES string of the molecule is NC(=O)c1cc(-c2ccccc2)cc2c(C3CCN(S(=O)(=O)c4ccc(Cl)cc4Cl)CC3)c[nH]c12. The fourth-order valence-electron chi connectivity index (χ4n) is 4.81. The number of aromatic amines is 1. The molecule has 0 bridgehead atoms. The van der Waals surface area contributed by atoms with Crippen LogP contribution in [0.15, 0.2) is 71.8 Å². The minimum Gasteiger partial charge on any atom is -0.366 e. The van der Waals surface area contributed by atoms with E-state index in [0.717, 1.165) is 22.1 Å². The Bertz CT molecular complexity index is 1530. The van der Waals surface area contributed by atoms with Crippen molar-refractivity contribution in [3.05, 3.63) is 88.0 Å². The molecule has 0 radical (unpaired) electrons. The number of nitrogens with one attached hydrogen (secondary N) is 1. The number of nitrogens with zero attached hydrogens (tertiary/aromatic N) is 1. The second kappa shape index (κ2) is 9.32. The number of H-pyrrole nitrogens is 1. The second-order valence-electron chi connectivity index (χ2n) is 8.67. The lowest BCUT2D eigenvalue weighted by Crippen LogP contribution is -2.38. The molecule has 1 fully saturated rings. The van der Waals surface area contributed by atoms with Gasteiger partial charge in [-0.05, 0) is 65.8 Å². The summed E-state index contributed by atoms with van der Waals surface area (Å²) in [6, 6.07) is 18.1. The van der Waals surface area contributed by atoms with E-state index in [0.29, 0.717) is 42.0 Å². The minimum atomic E-state index is -3.73. The van der Waals surface area contributed by atoms with Crippen molar-refractivity contribution in [2.24, 2.45) is 5.73 Å². The molecule has 1 aliphatic heterocycles. The first kappa shape index (κ1) is 23.9. The maximum Gasteiger partial charge on any atom is 0.250 e. The molecule has 0 spiro atoms. The molecule has 35 heavy (non-hydrogen) atoms. The monoisotopic (exact) mass is 527 g/mol.